The van der Waals surface area contributed by atoms with Crippen LogP contribution in [0.4, 0.5) is 5.82 Å². The Hall–Kier alpha value is -1.20. The fourth-order valence-electron chi connectivity index (χ4n) is 2.61. The number of nitrogens with zero attached hydrogens (tertiary/aromatic N) is 3. The van der Waals surface area contributed by atoms with Gasteiger partial charge in [-0.1, -0.05) is 13.8 Å². The van der Waals surface area contributed by atoms with E-state index in [0.29, 0.717) is 12.0 Å². The predicted molar refractivity (Wildman–Crippen MR) is 85.5 cm³/mol. The fraction of sp³-hybridized carbons (Fsp3) is 0.750. The summed E-state index contributed by atoms with van der Waals surface area (Å²) in [6, 6.07) is 2.56. The number of rotatable bonds is 5. The molecule has 5 nitrogen and oxygen atoms in total. The Bertz CT molecular complexity index is 462. The van der Waals surface area contributed by atoms with Gasteiger partial charge in [-0.3, -0.25) is 4.90 Å². The van der Waals surface area contributed by atoms with Crippen LogP contribution in [0.2, 0.25) is 0 Å². The van der Waals surface area contributed by atoms with Gasteiger partial charge in [0.2, 0.25) is 0 Å². The van der Waals surface area contributed by atoms with Gasteiger partial charge in [0.05, 0.1) is 6.61 Å². The van der Waals surface area contributed by atoms with E-state index in [2.05, 4.69) is 42.9 Å². The molecule has 1 saturated heterocycles. The van der Waals surface area contributed by atoms with Gasteiger partial charge in [-0.2, -0.15) is 0 Å². The van der Waals surface area contributed by atoms with E-state index in [9.17, 15) is 0 Å². The minimum Gasteiger partial charge on any atom is -0.373 e. The van der Waals surface area contributed by atoms with Crippen molar-refractivity contribution >= 4 is 5.82 Å². The highest BCUT2D eigenvalue weighted by molar-refractivity contribution is 5.35. The zero-order valence-corrected chi connectivity index (χ0v) is 13.9. The SMILES string of the molecule is CNc1cc(CC(C)C)nc(C2CN(C(C)C)CCO2)n1. The normalized spacial score (nSPS) is 20.2. The summed E-state index contributed by atoms with van der Waals surface area (Å²) in [6.07, 6.45) is 0.936. The fourth-order valence-corrected chi connectivity index (χ4v) is 2.61. The smallest absolute Gasteiger partial charge is 0.161 e. The summed E-state index contributed by atoms with van der Waals surface area (Å²) in [5.74, 6) is 2.26. The molecule has 0 radical (unpaired) electrons. The number of ether oxygens (including phenoxy) is 1. The van der Waals surface area contributed by atoms with Gasteiger partial charge in [0.15, 0.2) is 5.82 Å². The van der Waals surface area contributed by atoms with Gasteiger partial charge < -0.3 is 10.1 Å². The standard InChI is InChI=1S/C16H28N4O/c1-11(2)8-13-9-15(17-5)19-16(18-13)14-10-20(12(3)4)6-7-21-14/h9,11-12,14H,6-8,10H2,1-5H3,(H,17,18,19). The number of anilines is 1. The third-order valence-electron chi connectivity index (χ3n) is 3.79. The Morgan fingerprint density at radius 3 is 2.71 bits per heavy atom. The molecule has 0 spiro atoms. The van der Waals surface area contributed by atoms with Gasteiger partial charge in [-0.15, -0.1) is 0 Å². The average Bonchev–Trinajstić information content (AvgIpc) is 2.46. The molecule has 2 rings (SSSR count). The molecule has 1 aliphatic heterocycles. The number of hydrogen-bond acceptors (Lipinski definition) is 5. The molecule has 118 valence electrons. The summed E-state index contributed by atoms with van der Waals surface area (Å²) in [5.41, 5.74) is 1.09. The first-order valence-electron chi connectivity index (χ1n) is 7.90. The zero-order chi connectivity index (χ0) is 15.4. The maximum absolute atomic E-state index is 5.91. The summed E-state index contributed by atoms with van der Waals surface area (Å²) in [6.45, 7) is 11.5. The maximum Gasteiger partial charge on any atom is 0.161 e. The van der Waals surface area contributed by atoms with Gasteiger partial charge in [0.1, 0.15) is 11.9 Å². The van der Waals surface area contributed by atoms with Crippen LogP contribution in [0.15, 0.2) is 6.07 Å². The van der Waals surface area contributed by atoms with Gasteiger partial charge in [-0.05, 0) is 26.2 Å². The number of hydrogen-bond donors (Lipinski definition) is 1. The lowest BCUT2D eigenvalue weighted by molar-refractivity contribution is -0.0443. The third-order valence-corrected chi connectivity index (χ3v) is 3.79. The molecule has 1 atom stereocenters. The lowest BCUT2D eigenvalue weighted by atomic mass is 10.1. The first-order valence-corrected chi connectivity index (χ1v) is 7.90. The maximum atomic E-state index is 5.91. The molecular weight excluding hydrogens is 264 g/mol. The summed E-state index contributed by atoms with van der Waals surface area (Å²) >= 11 is 0. The van der Waals surface area contributed by atoms with Gasteiger partial charge in [0, 0.05) is 37.9 Å². The van der Waals surface area contributed by atoms with E-state index in [1.165, 1.54) is 0 Å². The van der Waals surface area contributed by atoms with E-state index in [0.717, 1.165) is 43.5 Å². The highest BCUT2D eigenvalue weighted by atomic mass is 16.5. The molecule has 1 N–H and O–H groups in total. The molecule has 1 unspecified atom stereocenters. The van der Waals surface area contributed by atoms with Crippen LogP contribution in [0, 0.1) is 5.92 Å². The molecule has 0 aliphatic carbocycles. The summed E-state index contributed by atoms with van der Waals surface area (Å²) in [5, 5.41) is 3.13. The molecule has 5 heteroatoms. The molecule has 1 aromatic rings. The van der Waals surface area contributed by atoms with Crippen molar-refractivity contribution in [3.63, 3.8) is 0 Å². The van der Waals surface area contributed by atoms with Crippen molar-refractivity contribution in [1.82, 2.24) is 14.9 Å². The molecule has 0 amide bonds. The van der Waals surface area contributed by atoms with Crippen molar-refractivity contribution in [2.45, 2.75) is 46.3 Å². The van der Waals surface area contributed by atoms with Crippen LogP contribution in [-0.4, -0.2) is 47.7 Å². The van der Waals surface area contributed by atoms with Crippen molar-refractivity contribution < 1.29 is 4.74 Å². The monoisotopic (exact) mass is 292 g/mol. The van der Waals surface area contributed by atoms with Crippen molar-refractivity contribution in [1.29, 1.82) is 0 Å². The van der Waals surface area contributed by atoms with Crippen LogP contribution < -0.4 is 5.32 Å². The first-order chi connectivity index (χ1) is 9.99. The summed E-state index contributed by atoms with van der Waals surface area (Å²) < 4.78 is 5.91. The molecule has 1 aliphatic rings. The van der Waals surface area contributed by atoms with Gasteiger partial charge in [-0.25, -0.2) is 9.97 Å². The molecular formula is C16H28N4O. The van der Waals surface area contributed by atoms with E-state index in [4.69, 9.17) is 9.72 Å². The van der Waals surface area contributed by atoms with Crippen LogP contribution in [0.25, 0.3) is 0 Å². The molecule has 0 saturated carbocycles. The highest BCUT2D eigenvalue weighted by Crippen LogP contribution is 2.23. The molecule has 0 bridgehead atoms. The number of nitrogens with one attached hydrogen (secondary N) is 1. The number of aromatic nitrogens is 2. The van der Waals surface area contributed by atoms with Crippen molar-refractivity contribution in [2.75, 3.05) is 32.1 Å². The second-order valence-corrected chi connectivity index (χ2v) is 6.40. The topological polar surface area (TPSA) is 50.3 Å². The lowest BCUT2D eigenvalue weighted by Crippen LogP contribution is -2.42. The highest BCUT2D eigenvalue weighted by Gasteiger charge is 2.26. The van der Waals surface area contributed by atoms with Crippen LogP contribution in [0.3, 0.4) is 0 Å². The Morgan fingerprint density at radius 2 is 2.10 bits per heavy atom. The summed E-state index contributed by atoms with van der Waals surface area (Å²) in [7, 11) is 1.90. The van der Waals surface area contributed by atoms with E-state index < -0.39 is 0 Å². The molecule has 1 aromatic heterocycles. The van der Waals surface area contributed by atoms with Crippen molar-refractivity contribution in [2.24, 2.45) is 5.92 Å². The first kappa shape index (κ1) is 16.2. The average molecular weight is 292 g/mol. The Balaban J connectivity index is 2.21. The van der Waals surface area contributed by atoms with Crippen LogP contribution in [0.1, 0.15) is 45.3 Å². The van der Waals surface area contributed by atoms with E-state index in [-0.39, 0.29) is 6.10 Å². The van der Waals surface area contributed by atoms with E-state index in [1.54, 1.807) is 0 Å². The van der Waals surface area contributed by atoms with E-state index >= 15 is 0 Å². The Kier molecular flexibility index (Phi) is 5.53. The van der Waals surface area contributed by atoms with Gasteiger partial charge >= 0.3 is 0 Å². The second-order valence-electron chi connectivity index (χ2n) is 6.40. The van der Waals surface area contributed by atoms with Crippen LogP contribution in [0.5, 0.6) is 0 Å². The van der Waals surface area contributed by atoms with Gasteiger partial charge in [0.25, 0.3) is 0 Å². The van der Waals surface area contributed by atoms with Crippen molar-refractivity contribution in [3.8, 4) is 0 Å². The Morgan fingerprint density at radius 1 is 1.33 bits per heavy atom. The summed E-state index contributed by atoms with van der Waals surface area (Å²) in [4.78, 5) is 11.8. The largest absolute Gasteiger partial charge is 0.373 e. The van der Waals surface area contributed by atoms with E-state index in [1.807, 2.05) is 13.1 Å². The quantitative estimate of drug-likeness (QED) is 0.903. The third kappa shape index (κ3) is 4.38. The van der Waals surface area contributed by atoms with Crippen LogP contribution in [-0.2, 0) is 11.2 Å². The predicted octanol–water partition coefficient (Wildman–Crippen LogP) is 2.50. The molecule has 21 heavy (non-hydrogen) atoms. The zero-order valence-electron chi connectivity index (χ0n) is 13.9. The van der Waals surface area contributed by atoms with Crippen LogP contribution >= 0.6 is 0 Å². The number of morpholine rings is 1. The molecule has 2 heterocycles. The second kappa shape index (κ2) is 7.18. The lowest BCUT2D eigenvalue weighted by Gasteiger charge is -2.34. The van der Waals surface area contributed by atoms with Crippen molar-refractivity contribution in [3.05, 3.63) is 17.6 Å². The minimum absolute atomic E-state index is 0.0274. The minimum atomic E-state index is -0.0274. The Labute approximate surface area is 128 Å². The molecule has 0 aromatic carbocycles. The molecule has 1 fully saturated rings.